The molecule has 0 amide bonds. The summed E-state index contributed by atoms with van der Waals surface area (Å²) in [5, 5.41) is 3.75. The quantitative estimate of drug-likeness (QED) is 0.593. The van der Waals surface area contributed by atoms with E-state index in [1.807, 2.05) is 30.3 Å². The Labute approximate surface area is 92.2 Å². The summed E-state index contributed by atoms with van der Waals surface area (Å²) in [5.74, 6) is 0.260. The van der Waals surface area contributed by atoms with Crippen molar-refractivity contribution in [3.63, 3.8) is 0 Å². The second-order valence-corrected chi connectivity index (χ2v) is 3.39. The van der Waals surface area contributed by atoms with Crippen molar-refractivity contribution in [3.8, 4) is 0 Å². The van der Waals surface area contributed by atoms with Crippen LogP contribution in [0.3, 0.4) is 0 Å². The Morgan fingerprint density at radius 1 is 1.33 bits per heavy atom. The molecule has 0 aliphatic carbocycles. The first kappa shape index (κ1) is 9.98. The molecule has 0 spiro atoms. The topological polar surface area (TPSA) is 53.7 Å². The van der Waals surface area contributed by atoms with Crippen LogP contribution >= 0.6 is 11.6 Å². The molecule has 1 N–H and O–H groups in total. The minimum Gasteiger partial charge on any atom is -0.660 e. The zero-order valence-corrected chi connectivity index (χ0v) is 8.74. The summed E-state index contributed by atoms with van der Waals surface area (Å²) in [6.07, 6.45) is 0. The Bertz CT molecular complexity index is 441. The number of rotatable bonds is 3. The SMILES string of the molecule is [NH-]c1on[n+](Cc2ccccc2)c1CCl. The van der Waals surface area contributed by atoms with Gasteiger partial charge in [-0.15, -0.1) is 11.6 Å². The average molecular weight is 224 g/mol. The lowest BCUT2D eigenvalue weighted by atomic mass is 10.2. The molecule has 0 aliphatic rings. The van der Waals surface area contributed by atoms with Crippen molar-refractivity contribution in [2.45, 2.75) is 12.4 Å². The van der Waals surface area contributed by atoms with E-state index in [1.54, 1.807) is 4.68 Å². The molecule has 0 aliphatic heterocycles. The molecule has 0 fully saturated rings. The van der Waals surface area contributed by atoms with E-state index in [4.69, 9.17) is 21.9 Å². The van der Waals surface area contributed by atoms with Crippen LogP contribution < -0.4 is 4.68 Å². The van der Waals surface area contributed by atoms with Gasteiger partial charge in [0.1, 0.15) is 11.8 Å². The summed E-state index contributed by atoms with van der Waals surface area (Å²) < 4.78 is 6.36. The van der Waals surface area contributed by atoms with Gasteiger partial charge >= 0.3 is 0 Å². The number of alkyl halides is 1. The van der Waals surface area contributed by atoms with Crippen LogP contribution in [0.25, 0.3) is 5.73 Å². The van der Waals surface area contributed by atoms with Gasteiger partial charge in [-0.25, -0.2) is 0 Å². The van der Waals surface area contributed by atoms with Gasteiger partial charge in [-0.3, -0.25) is 0 Å². The van der Waals surface area contributed by atoms with Gasteiger partial charge in [0, 0.05) is 5.56 Å². The Hall–Kier alpha value is -1.55. The highest BCUT2D eigenvalue weighted by Crippen LogP contribution is 2.14. The van der Waals surface area contributed by atoms with Crippen LogP contribution in [0.5, 0.6) is 0 Å². The summed E-state index contributed by atoms with van der Waals surface area (Å²) in [5.41, 5.74) is 9.12. The van der Waals surface area contributed by atoms with Gasteiger partial charge in [0.2, 0.25) is 12.2 Å². The van der Waals surface area contributed by atoms with Gasteiger partial charge in [0.05, 0.1) is 0 Å². The Balaban J connectivity index is 2.25. The van der Waals surface area contributed by atoms with E-state index in [2.05, 4.69) is 5.27 Å². The van der Waals surface area contributed by atoms with E-state index < -0.39 is 0 Å². The monoisotopic (exact) mass is 223 g/mol. The predicted molar refractivity (Wildman–Crippen MR) is 55.8 cm³/mol. The smallest absolute Gasteiger partial charge is 0.249 e. The van der Waals surface area contributed by atoms with Crippen LogP contribution in [0.4, 0.5) is 5.88 Å². The Morgan fingerprint density at radius 2 is 2.07 bits per heavy atom. The molecule has 1 heterocycles. The molecule has 15 heavy (non-hydrogen) atoms. The number of hydrogen-bond donors (Lipinski definition) is 0. The molecule has 78 valence electrons. The van der Waals surface area contributed by atoms with Crippen molar-refractivity contribution in [2.75, 3.05) is 0 Å². The molecule has 0 atom stereocenters. The van der Waals surface area contributed by atoms with Gasteiger partial charge in [-0.2, -0.15) is 0 Å². The first-order valence-corrected chi connectivity index (χ1v) is 5.05. The zero-order valence-electron chi connectivity index (χ0n) is 7.98. The molecule has 0 radical (unpaired) electrons. The molecule has 5 heteroatoms. The van der Waals surface area contributed by atoms with E-state index in [1.165, 1.54) is 0 Å². The van der Waals surface area contributed by atoms with E-state index in [9.17, 15) is 0 Å². The second-order valence-electron chi connectivity index (χ2n) is 3.13. The summed E-state index contributed by atoms with van der Waals surface area (Å²) in [6.45, 7) is 0.575. The van der Waals surface area contributed by atoms with Gasteiger partial charge in [0.25, 0.3) is 0 Å². The standard InChI is InChI=1S/C10H10ClN3O/c11-6-9-10(12)15-13-14(9)7-8-4-2-1-3-5-8/h1-5,12H,6-7H2. The molecule has 4 nitrogen and oxygen atoms in total. The fourth-order valence-electron chi connectivity index (χ4n) is 1.32. The highest BCUT2D eigenvalue weighted by molar-refractivity contribution is 6.17. The largest absolute Gasteiger partial charge is 0.660 e. The molecular formula is C10H10ClN3O. The summed E-state index contributed by atoms with van der Waals surface area (Å²) in [4.78, 5) is 0. The van der Waals surface area contributed by atoms with Crippen LogP contribution in [0, 0.1) is 0 Å². The first-order chi connectivity index (χ1) is 7.31. The molecular weight excluding hydrogens is 214 g/mol. The van der Waals surface area contributed by atoms with E-state index in [0.717, 1.165) is 5.56 Å². The van der Waals surface area contributed by atoms with E-state index in [0.29, 0.717) is 12.2 Å². The van der Waals surface area contributed by atoms with Crippen LogP contribution in [0.1, 0.15) is 11.3 Å². The number of hydrogen-bond acceptors (Lipinski definition) is 2. The second kappa shape index (κ2) is 4.31. The van der Waals surface area contributed by atoms with Crippen LogP contribution in [-0.2, 0) is 12.4 Å². The van der Waals surface area contributed by atoms with Gasteiger partial charge < -0.3 is 10.3 Å². The van der Waals surface area contributed by atoms with Crippen LogP contribution in [0.2, 0.25) is 0 Å². The van der Waals surface area contributed by atoms with Crippen molar-refractivity contribution >= 4 is 17.5 Å². The maximum Gasteiger partial charge on any atom is 0.249 e. The van der Waals surface area contributed by atoms with Crippen molar-refractivity contribution in [1.82, 2.24) is 5.27 Å². The van der Waals surface area contributed by atoms with E-state index in [-0.39, 0.29) is 11.8 Å². The highest BCUT2D eigenvalue weighted by atomic mass is 35.5. The molecule has 2 rings (SSSR count). The number of nitrogens with one attached hydrogen (secondary N) is 1. The lowest BCUT2D eigenvalue weighted by Crippen LogP contribution is -2.39. The third-order valence-corrected chi connectivity index (χ3v) is 2.36. The molecule has 2 aromatic rings. The third-order valence-electron chi connectivity index (χ3n) is 2.11. The molecule has 1 aromatic carbocycles. The zero-order chi connectivity index (χ0) is 10.7. The lowest BCUT2D eigenvalue weighted by Gasteiger charge is -1.94. The Morgan fingerprint density at radius 3 is 2.73 bits per heavy atom. The Kier molecular flexibility index (Phi) is 2.87. The number of aromatic nitrogens is 2. The summed E-state index contributed by atoms with van der Waals surface area (Å²) in [6, 6.07) is 9.85. The normalized spacial score (nSPS) is 10.5. The summed E-state index contributed by atoms with van der Waals surface area (Å²) in [7, 11) is 0. The number of benzene rings is 1. The minimum atomic E-state index is 0.0286. The fraction of sp³-hybridized carbons (Fsp3) is 0.200. The van der Waals surface area contributed by atoms with Crippen molar-refractivity contribution < 1.29 is 9.20 Å². The van der Waals surface area contributed by atoms with Crippen molar-refractivity contribution in [1.29, 1.82) is 0 Å². The molecule has 0 saturated carbocycles. The van der Waals surface area contributed by atoms with Crippen molar-refractivity contribution in [2.24, 2.45) is 0 Å². The number of nitrogens with zero attached hydrogens (tertiary/aromatic N) is 2. The van der Waals surface area contributed by atoms with Gasteiger partial charge in [-0.1, -0.05) is 30.3 Å². The van der Waals surface area contributed by atoms with Gasteiger partial charge in [-0.05, 0) is 4.68 Å². The highest BCUT2D eigenvalue weighted by Gasteiger charge is 2.17. The van der Waals surface area contributed by atoms with Crippen LogP contribution in [-0.4, -0.2) is 5.27 Å². The lowest BCUT2D eigenvalue weighted by molar-refractivity contribution is -0.760. The predicted octanol–water partition coefficient (Wildman–Crippen LogP) is 2.43. The minimum absolute atomic E-state index is 0.0286. The fourth-order valence-corrected chi connectivity index (χ4v) is 1.58. The maximum absolute atomic E-state index is 7.42. The van der Waals surface area contributed by atoms with E-state index >= 15 is 0 Å². The average Bonchev–Trinajstić information content (AvgIpc) is 2.61. The summed E-state index contributed by atoms with van der Waals surface area (Å²) >= 11 is 5.70. The third kappa shape index (κ3) is 2.10. The van der Waals surface area contributed by atoms with Crippen molar-refractivity contribution in [3.05, 3.63) is 47.3 Å². The molecule has 1 aromatic heterocycles. The first-order valence-electron chi connectivity index (χ1n) is 4.51. The molecule has 0 saturated heterocycles. The van der Waals surface area contributed by atoms with Gasteiger partial charge in [0.15, 0.2) is 5.27 Å². The van der Waals surface area contributed by atoms with Crippen LogP contribution in [0.15, 0.2) is 34.9 Å². The molecule has 0 unspecified atom stereocenters. The maximum atomic E-state index is 7.42. The number of halogens is 1. The molecule has 0 bridgehead atoms.